The van der Waals surface area contributed by atoms with E-state index in [1.165, 1.54) is 4.90 Å². The van der Waals surface area contributed by atoms with Gasteiger partial charge in [-0.3, -0.25) is 4.98 Å². The van der Waals surface area contributed by atoms with Crippen molar-refractivity contribution >= 4 is 17.6 Å². The molecule has 0 aliphatic rings. The Balaban J connectivity index is 2.05. The maximum Gasteiger partial charge on any atom is 0.239 e. The van der Waals surface area contributed by atoms with Gasteiger partial charge in [-0.2, -0.15) is 4.98 Å². The lowest BCUT2D eigenvalue weighted by Crippen LogP contribution is -2.02. The number of thioether (sulfide) groups is 1. The van der Waals surface area contributed by atoms with Gasteiger partial charge in [0.2, 0.25) is 5.88 Å². The lowest BCUT2D eigenvalue weighted by molar-refractivity contribution is 0.460. The number of rotatable bonds is 6. The predicted molar refractivity (Wildman–Crippen MR) is 79.1 cm³/mol. The fourth-order valence-corrected chi connectivity index (χ4v) is 1.91. The highest BCUT2D eigenvalue weighted by Crippen LogP contribution is 2.23. The van der Waals surface area contributed by atoms with Crippen LogP contribution in [0.15, 0.2) is 41.6 Å². The van der Waals surface area contributed by atoms with E-state index in [9.17, 15) is 0 Å². The molecule has 0 atom stereocenters. The largest absolute Gasteiger partial charge is 0.437 e. The van der Waals surface area contributed by atoms with Crippen LogP contribution < -0.4 is 10.1 Å². The minimum atomic E-state index is 0.498. The van der Waals surface area contributed by atoms with Gasteiger partial charge in [0.05, 0.1) is 12.4 Å². The second-order valence-electron chi connectivity index (χ2n) is 3.95. The van der Waals surface area contributed by atoms with Crippen molar-refractivity contribution in [2.45, 2.75) is 18.2 Å². The van der Waals surface area contributed by atoms with E-state index in [2.05, 4.69) is 22.2 Å². The molecular formula is C14H17N3OS. The molecule has 1 aromatic carbocycles. The summed E-state index contributed by atoms with van der Waals surface area (Å²) in [5, 5.41) is 3.18. The molecule has 1 heterocycles. The molecule has 2 rings (SSSR count). The number of hydrogen-bond donors (Lipinski definition) is 1. The van der Waals surface area contributed by atoms with Crippen LogP contribution in [0.5, 0.6) is 11.6 Å². The first-order valence-electron chi connectivity index (χ1n) is 6.19. The second-order valence-corrected chi connectivity index (χ2v) is 4.83. The molecule has 100 valence electrons. The zero-order chi connectivity index (χ0) is 13.5. The predicted octanol–water partition coefficient (Wildman–Crippen LogP) is 3.81. The molecule has 0 saturated carbocycles. The summed E-state index contributed by atoms with van der Waals surface area (Å²) in [4.78, 5) is 9.67. The molecule has 1 N–H and O–H groups in total. The smallest absolute Gasteiger partial charge is 0.239 e. The van der Waals surface area contributed by atoms with Crippen molar-refractivity contribution in [3.63, 3.8) is 0 Å². The maximum absolute atomic E-state index is 5.68. The molecule has 19 heavy (non-hydrogen) atoms. The van der Waals surface area contributed by atoms with E-state index < -0.39 is 0 Å². The molecule has 0 aliphatic carbocycles. The molecule has 1 aromatic heterocycles. The third-order valence-electron chi connectivity index (χ3n) is 2.45. The van der Waals surface area contributed by atoms with Crippen molar-refractivity contribution < 1.29 is 4.74 Å². The van der Waals surface area contributed by atoms with E-state index in [1.54, 1.807) is 24.2 Å². The van der Waals surface area contributed by atoms with Gasteiger partial charge in [0.15, 0.2) is 0 Å². The number of hydrogen-bond acceptors (Lipinski definition) is 5. The Bertz CT molecular complexity index is 516. The van der Waals surface area contributed by atoms with Crippen molar-refractivity contribution in [3.8, 4) is 11.6 Å². The van der Waals surface area contributed by atoms with E-state index in [0.717, 1.165) is 24.5 Å². The van der Waals surface area contributed by atoms with Gasteiger partial charge in [-0.1, -0.05) is 6.92 Å². The summed E-state index contributed by atoms with van der Waals surface area (Å²) in [6, 6.07) is 7.90. The molecule has 5 heteroatoms. The Labute approximate surface area is 117 Å². The normalized spacial score (nSPS) is 10.2. The van der Waals surface area contributed by atoms with E-state index in [1.807, 2.05) is 30.5 Å². The van der Waals surface area contributed by atoms with Gasteiger partial charge in [-0.25, -0.2) is 0 Å². The van der Waals surface area contributed by atoms with Crippen LogP contribution in [0, 0.1) is 0 Å². The van der Waals surface area contributed by atoms with Gasteiger partial charge in [0.1, 0.15) is 11.6 Å². The summed E-state index contributed by atoms with van der Waals surface area (Å²) < 4.78 is 5.68. The van der Waals surface area contributed by atoms with E-state index in [-0.39, 0.29) is 0 Å². The highest BCUT2D eigenvalue weighted by Gasteiger charge is 2.01. The molecule has 0 unspecified atom stereocenters. The summed E-state index contributed by atoms with van der Waals surface area (Å²) in [6.45, 7) is 2.98. The quantitative estimate of drug-likeness (QED) is 0.812. The summed E-state index contributed by atoms with van der Waals surface area (Å²) in [7, 11) is 0. The lowest BCUT2D eigenvalue weighted by Gasteiger charge is -2.07. The zero-order valence-electron chi connectivity index (χ0n) is 11.1. The molecule has 2 aromatic rings. The first-order chi connectivity index (χ1) is 9.31. The highest BCUT2D eigenvalue weighted by atomic mass is 32.2. The molecule has 0 bridgehead atoms. The molecule has 0 radical (unpaired) electrons. The number of aromatic nitrogens is 2. The van der Waals surface area contributed by atoms with Gasteiger partial charge in [0.25, 0.3) is 0 Å². The molecule has 0 fully saturated rings. The third kappa shape index (κ3) is 4.13. The van der Waals surface area contributed by atoms with Crippen molar-refractivity contribution in [1.29, 1.82) is 0 Å². The van der Waals surface area contributed by atoms with Gasteiger partial charge in [0, 0.05) is 11.4 Å². The molecule has 0 amide bonds. The first kappa shape index (κ1) is 13.7. The summed E-state index contributed by atoms with van der Waals surface area (Å²) in [5.41, 5.74) is 0. The second kappa shape index (κ2) is 6.99. The minimum Gasteiger partial charge on any atom is -0.437 e. The number of anilines is 1. The van der Waals surface area contributed by atoms with E-state index >= 15 is 0 Å². The summed E-state index contributed by atoms with van der Waals surface area (Å²) >= 11 is 1.70. The topological polar surface area (TPSA) is 47.0 Å². The fourth-order valence-electron chi connectivity index (χ4n) is 1.50. The highest BCUT2D eigenvalue weighted by molar-refractivity contribution is 7.98. The molecular weight excluding hydrogens is 258 g/mol. The zero-order valence-corrected chi connectivity index (χ0v) is 11.9. The standard InChI is InChI=1S/C14H17N3OS/c1-3-8-16-13-9-15-10-14(17-13)18-11-4-6-12(19-2)7-5-11/h4-7,9-10H,3,8H2,1-2H3,(H,16,17). The van der Waals surface area contributed by atoms with Gasteiger partial charge in [-0.15, -0.1) is 11.8 Å². The Morgan fingerprint density at radius 2 is 2.00 bits per heavy atom. The van der Waals surface area contributed by atoms with Crippen LogP contribution >= 0.6 is 11.8 Å². The average molecular weight is 275 g/mol. The van der Waals surface area contributed by atoms with Crippen molar-refractivity contribution in [2.24, 2.45) is 0 Å². The van der Waals surface area contributed by atoms with E-state index in [4.69, 9.17) is 4.74 Å². The van der Waals surface area contributed by atoms with Crippen LogP contribution in [-0.4, -0.2) is 22.8 Å². The van der Waals surface area contributed by atoms with Gasteiger partial charge in [-0.05, 0) is 36.9 Å². The van der Waals surface area contributed by atoms with Crippen LogP contribution in [0.1, 0.15) is 13.3 Å². The summed E-state index contributed by atoms with van der Waals surface area (Å²) in [6.07, 6.45) is 6.39. The number of nitrogens with zero attached hydrogens (tertiary/aromatic N) is 2. The van der Waals surface area contributed by atoms with Crippen LogP contribution in [0.4, 0.5) is 5.82 Å². The average Bonchev–Trinajstić information content (AvgIpc) is 2.46. The molecule has 0 spiro atoms. The minimum absolute atomic E-state index is 0.498. The van der Waals surface area contributed by atoms with Crippen molar-refractivity contribution in [2.75, 3.05) is 18.1 Å². The molecule has 4 nitrogen and oxygen atoms in total. The Kier molecular flexibility index (Phi) is 5.03. The molecule has 0 aliphatic heterocycles. The Hall–Kier alpha value is -1.75. The first-order valence-corrected chi connectivity index (χ1v) is 7.42. The SMILES string of the molecule is CCCNc1cncc(Oc2ccc(SC)cc2)n1. The van der Waals surface area contributed by atoms with Crippen LogP contribution in [0.3, 0.4) is 0 Å². The van der Waals surface area contributed by atoms with Crippen molar-refractivity contribution in [3.05, 3.63) is 36.7 Å². The van der Waals surface area contributed by atoms with Gasteiger partial charge >= 0.3 is 0 Å². The Morgan fingerprint density at radius 1 is 1.21 bits per heavy atom. The number of benzene rings is 1. The molecule has 0 saturated heterocycles. The summed E-state index contributed by atoms with van der Waals surface area (Å²) in [5.74, 6) is 2.00. The van der Waals surface area contributed by atoms with Crippen LogP contribution in [0.2, 0.25) is 0 Å². The number of ether oxygens (including phenoxy) is 1. The Morgan fingerprint density at radius 3 is 2.68 bits per heavy atom. The lowest BCUT2D eigenvalue weighted by atomic mass is 10.3. The number of nitrogens with one attached hydrogen (secondary N) is 1. The monoisotopic (exact) mass is 275 g/mol. The van der Waals surface area contributed by atoms with E-state index in [0.29, 0.717) is 5.88 Å². The van der Waals surface area contributed by atoms with Gasteiger partial charge < -0.3 is 10.1 Å². The van der Waals surface area contributed by atoms with Crippen LogP contribution in [-0.2, 0) is 0 Å². The van der Waals surface area contributed by atoms with Crippen molar-refractivity contribution in [1.82, 2.24) is 9.97 Å². The maximum atomic E-state index is 5.68. The van der Waals surface area contributed by atoms with Crippen LogP contribution in [0.25, 0.3) is 0 Å². The third-order valence-corrected chi connectivity index (χ3v) is 3.19. The fraction of sp³-hybridized carbons (Fsp3) is 0.286.